The van der Waals surface area contributed by atoms with E-state index < -0.39 is 8.07 Å². The van der Waals surface area contributed by atoms with E-state index in [1.54, 1.807) is 10.4 Å². The van der Waals surface area contributed by atoms with Crippen molar-refractivity contribution in [2.24, 2.45) is 0 Å². The first-order valence-corrected chi connectivity index (χ1v) is 25.3. The van der Waals surface area contributed by atoms with Gasteiger partial charge < -0.3 is 9.80 Å². The first kappa shape index (κ1) is 37.6. The lowest BCUT2D eigenvalue weighted by atomic mass is 9.65. The fraction of sp³-hybridized carbons (Fsp3) is 0.250. The first-order valence-electron chi connectivity index (χ1n) is 22.3. The Balaban J connectivity index is 1.02. The van der Waals surface area contributed by atoms with Crippen molar-refractivity contribution in [1.29, 1.82) is 0 Å². The van der Waals surface area contributed by atoms with Crippen LogP contribution in [-0.4, -0.2) is 8.07 Å². The average molecular weight is 785 g/mol. The molecule has 2 aliphatic carbocycles. The van der Waals surface area contributed by atoms with Crippen LogP contribution in [0, 0.1) is 0 Å². The molecule has 0 saturated heterocycles. The maximum atomic E-state index is 2.53. The minimum absolute atomic E-state index is 0.0128. The lowest BCUT2D eigenvalue weighted by Gasteiger charge is -2.39. The summed E-state index contributed by atoms with van der Waals surface area (Å²) in [5.41, 5.74) is 14.4. The number of anilines is 6. The molecule has 3 aliphatic rings. The normalized spacial score (nSPS) is 16.8. The van der Waals surface area contributed by atoms with Crippen LogP contribution in [0.25, 0.3) is 11.1 Å². The van der Waals surface area contributed by atoms with Gasteiger partial charge in [-0.3, -0.25) is 0 Å². The summed E-state index contributed by atoms with van der Waals surface area (Å²) in [7, 11) is -1.85. The zero-order chi connectivity index (χ0) is 39.8. The van der Waals surface area contributed by atoms with Gasteiger partial charge in [0.25, 0.3) is 0 Å². The van der Waals surface area contributed by atoms with Gasteiger partial charge in [-0.05, 0) is 143 Å². The standard InChI is InChI=1S/C56H56N2Si/c1-59(2)54-24-14-13-23-52(54)53-38-37-51(41-55(53)59)58(48-31-25-43(26-32-48)42-17-7-3-8-18-42)50-35-29-45(30-36-50)56(39-15-6-16-40-56)44-27-33-49(34-28-44)57(46-19-9-4-10-20-46)47-21-11-5-12-22-47/h4-5,9-14,19-38,41-42H,3,6-8,15-18,39-40H2,1-2H3. The molecule has 7 aromatic carbocycles. The number of benzene rings is 7. The topological polar surface area (TPSA) is 6.48 Å². The lowest BCUT2D eigenvalue weighted by Crippen LogP contribution is -2.49. The summed E-state index contributed by atoms with van der Waals surface area (Å²) < 4.78 is 0. The molecule has 0 N–H and O–H groups in total. The molecule has 0 radical (unpaired) electrons. The third-order valence-electron chi connectivity index (χ3n) is 14.1. The predicted molar refractivity (Wildman–Crippen MR) is 254 cm³/mol. The average Bonchev–Trinajstić information content (AvgIpc) is 3.53. The molecule has 294 valence electrons. The summed E-state index contributed by atoms with van der Waals surface area (Å²) in [5, 5.41) is 3.10. The molecule has 2 saturated carbocycles. The molecule has 2 nitrogen and oxygen atoms in total. The Kier molecular flexibility index (Phi) is 10.1. The zero-order valence-electron chi connectivity index (χ0n) is 34.8. The van der Waals surface area contributed by atoms with Crippen LogP contribution in [-0.2, 0) is 5.41 Å². The summed E-state index contributed by atoms with van der Waals surface area (Å²) in [6, 6.07) is 66.8. The monoisotopic (exact) mass is 784 g/mol. The second kappa shape index (κ2) is 15.8. The molecule has 2 fully saturated rings. The van der Waals surface area contributed by atoms with Crippen molar-refractivity contribution in [2.45, 2.75) is 88.6 Å². The summed E-state index contributed by atoms with van der Waals surface area (Å²) in [4.78, 5) is 4.88. The molecule has 7 aromatic rings. The summed E-state index contributed by atoms with van der Waals surface area (Å²) in [6.07, 6.45) is 12.9. The predicted octanol–water partition coefficient (Wildman–Crippen LogP) is 14.7. The van der Waals surface area contributed by atoms with Crippen molar-refractivity contribution >= 4 is 52.6 Å². The van der Waals surface area contributed by atoms with Gasteiger partial charge in [0.2, 0.25) is 0 Å². The van der Waals surface area contributed by atoms with Gasteiger partial charge in [0.1, 0.15) is 8.07 Å². The van der Waals surface area contributed by atoms with Gasteiger partial charge in [0.15, 0.2) is 0 Å². The maximum absolute atomic E-state index is 2.53. The third kappa shape index (κ3) is 6.94. The SMILES string of the molecule is C[Si]1(C)c2ccccc2-c2ccc(N(c3ccc(C4CCCCC4)cc3)c3ccc(C4(c5ccc(N(c6ccccc6)c6ccccc6)cc5)CCCCC4)cc3)cc21. The van der Waals surface area contributed by atoms with Crippen LogP contribution in [0.5, 0.6) is 0 Å². The number of hydrogen-bond acceptors (Lipinski definition) is 2. The van der Waals surface area contributed by atoms with Crippen molar-refractivity contribution in [3.8, 4) is 11.1 Å². The molecular weight excluding hydrogens is 729 g/mol. The van der Waals surface area contributed by atoms with Crippen LogP contribution in [0.3, 0.4) is 0 Å². The van der Waals surface area contributed by atoms with Crippen molar-refractivity contribution in [3.63, 3.8) is 0 Å². The molecule has 0 bridgehead atoms. The molecule has 1 aliphatic heterocycles. The van der Waals surface area contributed by atoms with Crippen molar-refractivity contribution in [3.05, 3.63) is 193 Å². The second-order valence-corrected chi connectivity index (χ2v) is 22.2. The second-order valence-electron chi connectivity index (χ2n) is 17.9. The van der Waals surface area contributed by atoms with Gasteiger partial charge in [-0.2, -0.15) is 0 Å². The quantitative estimate of drug-likeness (QED) is 0.135. The highest BCUT2D eigenvalue weighted by Gasteiger charge is 2.38. The Hall–Kier alpha value is -5.64. The van der Waals surface area contributed by atoms with Gasteiger partial charge in [-0.15, -0.1) is 0 Å². The van der Waals surface area contributed by atoms with E-state index >= 15 is 0 Å². The van der Waals surface area contributed by atoms with Crippen LogP contribution in [0.1, 0.15) is 86.8 Å². The molecule has 1 heterocycles. The smallest absolute Gasteiger partial charge is 0.113 e. The highest BCUT2D eigenvalue weighted by Crippen LogP contribution is 2.47. The van der Waals surface area contributed by atoms with E-state index in [2.05, 4.69) is 199 Å². The lowest BCUT2D eigenvalue weighted by molar-refractivity contribution is 0.346. The van der Waals surface area contributed by atoms with Crippen molar-refractivity contribution in [1.82, 2.24) is 0 Å². The first-order chi connectivity index (χ1) is 29.0. The van der Waals surface area contributed by atoms with Gasteiger partial charge >= 0.3 is 0 Å². The largest absolute Gasteiger partial charge is 0.311 e. The van der Waals surface area contributed by atoms with Gasteiger partial charge in [-0.1, -0.05) is 155 Å². The van der Waals surface area contributed by atoms with E-state index in [0.717, 1.165) is 0 Å². The number of fused-ring (bicyclic) bond motifs is 3. The fourth-order valence-corrected chi connectivity index (χ4v) is 14.1. The Morgan fingerprint density at radius 3 is 1.42 bits per heavy atom. The Morgan fingerprint density at radius 2 is 0.847 bits per heavy atom. The van der Waals surface area contributed by atoms with E-state index in [4.69, 9.17) is 0 Å². The fourth-order valence-electron chi connectivity index (χ4n) is 11.0. The molecule has 0 unspecified atom stereocenters. The summed E-state index contributed by atoms with van der Waals surface area (Å²) in [6.45, 7) is 5.05. The van der Waals surface area contributed by atoms with Crippen LogP contribution < -0.4 is 20.2 Å². The van der Waals surface area contributed by atoms with E-state index in [1.165, 1.54) is 126 Å². The highest BCUT2D eigenvalue weighted by molar-refractivity contribution is 7.03. The Bertz CT molecular complexity index is 2470. The van der Waals surface area contributed by atoms with E-state index in [9.17, 15) is 0 Å². The number of para-hydroxylation sites is 2. The van der Waals surface area contributed by atoms with Crippen LogP contribution in [0.4, 0.5) is 34.1 Å². The summed E-state index contributed by atoms with van der Waals surface area (Å²) >= 11 is 0. The molecule has 0 amide bonds. The number of rotatable bonds is 9. The van der Waals surface area contributed by atoms with Crippen molar-refractivity contribution in [2.75, 3.05) is 9.80 Å². The Labute approximate surface area is 353 Å². The molecule has 0 aromatic heterocycles. The molecular formula is C56H56N2Si. The van der Waals surface area contributed by atoms with Crippen LogP contribution in [0.2, 0.25) is 13.1 Å². The third-order valence-corrected chi connectivity index (χ3v) is 17.7. The molecule has 10 rings (SSSR count). The molecule has 59 heavy (non-hydrogen) atoms. The van der Waals surface area contributed by atoms with Crippen LogP contribution >= 0.6 is 0 Å². The van der Waals surface area contributed by atoms with E-state index in [1.807, 2.05) is 0 Å². The highest BCUT2D eigenvalue weighted by atomic mass is 28.3. The van der Waals surface area contributed by atoms with Crippen LogP contribution in [0.15, 0.2) is 176 Å². The van der Waals surface area contributed by atoms with Gasteiger partial charge in [0.05, 0.1) is 0 Å². The Morgan fingerprint density at radius 1 is 0.407 bits per heavy atom. The molecule has 3 heteroatoms. The maximum Gasteiger partial charge on any atom is 0.113 e. The molecule has 0 atom stereocenters. The summed E-state index contributed by atoms with van der Waals surface area (Å²) in [5.74, 6) is 0.691. The number of nitrogens with zero attached hydrogens (tertiary/aromatic N) is 2. The van der Waals surface area contributed by atoms with E-state index in [0.29, 0.717) is 5.92 Å². The minimum atomic E-state index is -1.85. The van der Waals surface area contributed by atoms with Gasteiger partial charge in [0, 0.05) is 39.5 Å². The van der Waals surface area contributed by atoms with Crippen molar-refractivity contribution < 1.29 is 0 Å². The van der Waals surface area contributed by atoms with Gasteiger partial charge in [-0.25, -0.2) is 0 Å². The van der Waals surface area contributed by atoms with E-state index in [-0.39, 0.29) is 5.41 Å². The zero-order valence-corrected chi connectivity index (χ0v) is 35.8. The molecule has 0 spiro atoms. The minimum Gasteiger partial charge on any atom is -0.311 e. The number of hydrogen-bond donors (Lipinski definition) is 0.